The smallest absolute Gasteiger partial charge is 0.247 e. The van der Waals surface area contributed by atoms with Gasteiger partial charge < -0.3 is 99.0 Å². The van der Waals surface area contributed by atoms with Crippen LogP contribution in [0.25, 0.3) is 21.5 Å². The molecule has 0 aliphatic rings. The molecule has 0 saturated carbocycles. The monoisotopic (exact) mass is 1610 g/mol. The number of pyridine rings is 1. The summed E-state index contributed by atoms with van der Waals surface area (Å²) in [7, 11) is 3.64. The SMILES string of the molecule is CCC[C@H](NC(C)=O)C(=O)N[C@@H](CO)C(=O)N[C@@H](Cc1ccc(O)cc1)C(=O)N[C@H](C(=O)N[C@@H](C)C(=O)N[C@@H](CN=[N+]=[N-])C(=O)N(C)[C@@H](C)C(=O)N[C@H](C(=O)N[C@@H](Cc1c[nH]c2ncccc12)C(=O)N[C@@H](Cc1ccc(O)cc1)C(=O)N(C)[C@@H](Cc1ccc(F)cc1)C(=O)N(C)CC(=O)N[C@@H](CO)C(N)=O)c1ccccc1)C(C)(C)C. The molecular formula is C78H100FN19O18. The Balaban J connectivity index is 1.24. The third-order valence-electron chi connectivity index (χ3n) is 18.8. The minimum absolute atomic E-state index is 0.123. The van der Waals surface area contributed by atoms with Crippen molar-refractivity contribution < 1.29 is 91.9 Å². The molecule has 6 aromatic rings. The van der Waals surface area contributed by atoms with Gasteiger partial charge in [-0.3, -0.25) is 67.1 Å². The molecule has 0 aliphatic heterocycles. The van der Waals surface area contributed by atoms with Gasteiger partial charge in [-0.2, -0.15) is 0 Å². The van der Waals surface area contributed by atoms with E-state index in [1.165, 1.54) is 127 Å². The van der Waals surface area contributed by atoms with E-state index in [1.54, 1.807) is 58.0 Å². The van der Waals surface area contributed by atoms with E-state index in [-0.39, 0.29) is 49.2 Å². The van der Waals surface area contributed by atoms with Gasteiger partial charge in [-0.1, -0.05) is 106 Å². The Bertz CT molecular complexity index is 4520. The Morgan fingerprint density at radius 1 is 0.560 bits per heavy atom. The number of primary amides is 1. The minimum Gasteiger partial charge on any atom is -0.508 e. The number of aliphatic hydroxyl groups excluding tert-OH is 2. The number of nitrogens with zero attached hydrogens (tertiary/aromatic N) is 7. The first-order chi connectivity index (χ1) is 54.9. The summed E-state index contributed by atoms with van der Waals surface area (Å²) in [6.45, 7) is 6.89. The van der Waals surface area contributed by atoms with Crippen LogP contribution >= 0.6 is 0 Å². The molecule has 0 bridgehead atoms. The number of fused-ring (bicyclic) bond motifs is 1. The summed E-state index contributed by atoms with van der Waals surface area (Å²) in [5.41, 5.74) is 15.7. The van der Waals surface area contributed by atoms with Crippen molar-refractivity contribution in [3.8, 4) is 11.5 Å². The van der Waals surface area contributed by atoms with Crippen molar-refractivity contribution in [2.24, 2.45) is 16.3 Å². The third-order valence-corrected chi connectivity index (χ3v) is 18.8. The molecular weight excluding hydrogens is 1510 g/mol. The molecule has 4 aromatic carbocycles. The number of phenols is 2. The van der Waals surface area contributed by atoms with Crippen LogP contribution in [0.2, 0.25) is 0 Å². The summed E-state index contributed by atoms with van der Waals surface area (Å²) >= 11 is 0. The Hall–Kier alpha value is -13.1. The molecule has 0 spiro atoms. The van der Waals surface area contributed by atoms with Crippen LogP contribution in [0.3, 0.4) is 0 Å². The first-order valence-corrected chi connectivity index (χ1v) is 36.9. The Kier molecular flexibility index (Phi) is 34.2. The van der Waals surface area contributed by atoms with E-state index in [4.69, 9.17) is 5.73 Å². The summed E-state index contributed by atoms with van der Waals surface area (Å²) < 4.78 is 14.3. The van der Waals surface area contributed by atoms with Gasteiger partial charge in [-0.05, 0) is 108 Å². The van der Waals surface area contributed by atoms with Gasteiger partial charge in [-0.15, -0.1) is 0 Å². The molecule has 14 amide bonds. The zero-order valence-corrected chi connectivity index (χ0v) is 65.7. The number of aromatic nitrogens is 2. The number of carbonyl (C=O) groups excluding carboxylic acids is 14. The second-order valence-electron chi connectivity index (χ2n) is 28.8. The van der Waals surface area contributed by atoms with Gasteiger partial charge in [-0.25, -0.2) is 9.37 Å². The fraction of sp³-hybridized carbons (Fsp3) is 0.423. The third kappa shape index (κ3) is 26.8. The van der Waals surface area contributed by atoms with Crippen molar-refractivity contribution >= 4 is 93.7 Å². The summed E-state index contributed by atoms with van der Waals surface area (Å²) in [4.78, 5) is 210. The van der Waals surface area contributed by atoms with Gasteiger partial charge >= 0.3 is 0 Å². The predicted octanol–water partition coefficient (Wildman–Crippen LogP) is -0.597. The van der Waals surface area contributed by atoms with Crippen LogP contribution in [-0.2, 0) is 92.8 Å². The second kappa shape index (κ2) is 43.2. The lowest BCUT2D eigenvalue weighted by Gasteiger charge is -2.34. The van der Waals surface area contributed by atoms with E-state index in [9.17, 15) is 83.1 Å². The number of phenolic OH excluding ortho intramolecular Hbond substituents is 2. The van der Waals surface area contributed by atoms with Gasteiger partial charge in [0.15, 0.2) is 0 Å². The number of aliphatic hydroxyl groups is 2. The van der Waals surface area contributed by atoms with Gasteiger partial charge in [0, 0.05) is 76.4 Å². The molecule has 12 atom stereocenters. The van der Waals surface area contributed by atoms with E-state index in [0.29, 0.717) is 39.7 Å². The normalized spacial score (nSPS) is 14.2. The molecule has 2 heterocycles. The number of halogens is 1. The van der Waals surface area contributed by atoms with Crippen LogP contribution in [0, 0.1) is 11.2 Å². The molecule has 38 heteroatoms. The molecule has 6 rings (SSSR count). The topological polar surface area (TPSA) is 553 Å². The molecule has 37 nitrogen and oxygen atoms in total. The van der Waals surface area contributed by atoms with Gasteiger partial charge in [0.05, 0.1) is 26.3 Å². The zero-order chi connectivity index (χ0) is 85.8. The van der Waals surface area contributed by atoms with Crippen LogP contribution in [0.5, 0.6) is 11.5 Å². The maximum atomic E-state index is 15.4. The number of amides is 14. The molecule has 17 N–H and O–H groups in total. The summed E-state index contributed by atoms with van der Waals surface area (Å²) in [6.07, 6.45) is 2.48. The van der Waals surface area contributed by atoms with E-state index in [2.05, 4.69) is 73.2 Å². The van der Waals surface area contributed by atoms with Crippen LogP contribution in [0.1, 0.15) is 95.2 Å². The number of H-pyrrole nitrogens is 1. The number of benzene rings is 4. The molecule has 0 aliphatic carbocycles. The van der Waals surface area contributed by atoms with Crippen molar-refractivity contribution in [2.75, 3.05) is 47.4 Å². The highest BCUT2D eigenvalue weighted by Gasteiger charge is 2.41. The van der Waals surface area contributed by atoms with Crippen molar-refractivity contribution in [3.63, 3.8) is 0 Å². The van der Waals surface area contributed by atoms with Crippen LogP contribution in [-0.4, -0.2) is 242 Å². The van der Waals surface area contributed by atoms with E-state index in [1.807, 2.05) is 0 Å². The maximum absolute atomic E-state index is 15.4. The number of azide groups is 1. The van der Waals surface area contributed by atoms with Gasteiger partial charge in [0.25, 0.3) is 0 Å². The van der Waals surface area contributed by atoms with Crippen LogP contribution in [0.15, 0.2) is 133 Å². The average molecular weight is 1610 g/mol. The predicted molar refractivity (Wildman–Crippen MR) is 418 cm³/mol. The standard InChI is InChI=1S/C78H100FN19O18/c1-11-16-54(86-44(4)101)69(108)92-60(41-100)72(111)88-55(33-45-22-28-51(102)29-23-45)71(110)94-64(78(5,6)7)74(113)85-42(2)67(106)91-58(38-84-95-81)76(115)97(9)43(3)68(107)93-63(48-17-13-12-14-18-48)73(112)89-56(36-49-37-83-66-53(49)19-15-32-82-66)70(109)90-57(34-46-24-30-52(103)31-25-46)75(114)98(10)61(35-47-20-26-50(79)27-21-47)77(116)96(8)39-62(104)87-59(40-99)65(80)105/h12-15,17-32,37,42-43,54-61,63-64,99-100,102-103H,11,16,33-36,38-41H2,1-10H3,(H2,80,105)(H,82,83)(H,85,113)(H,86,101)(H,87,104)(H,88,111)(H,89,112)(H,90,109)(H,91,106)(H,92,108)(H,93,107)(H,94,110)/t42-,43-,54-,55-,56-,57-,58-,59-,60-,61-,63-,64+/m0/s1. The van der Waals surface area contributed by atoms with E-state index in [0.717, 1.165) is 26.8 Å². The number of hydrogen-bond acceptors (Lipinski definition) is 20. The lowest BCUT2D eigenvalue weighted by atomic mass is 9.85. The van der Waals surface area contributed by atoms with Crippen molar-refractivity contribution in [2.45, 2.75) is 159 Å². The first kappa shape index (κ1) is 91.8. The largest absolute Gasteiger partial charge is 0.508 e. The molecule has 2 aromatic heterocycles. The molecule has 0 saturated heterocycles. The van der Waals surface area contributed by atoms with Crippen LogP contribution in [0.4, 0.5) is 4.39 Å². The zero-order valence-electron chi connectivity index (χ0n) is 65.7. The van der Waals surface area contributed by atoms with Gasteiger partial charge in [0.2, 0.25) is 82.7 Å². The van der Waals surface area contributed by atoms with Crippen molar-refractivity contribution in [3.05, 3.63) is 172 Å². The second-order valence-corrected chi connectivity index (χ2v) is 28.8. The Morgan fingerprint density at radius 3 is 1.65 bits per heavy atom. The number of likely N-dealkylation sites (N-methyl/N-ethyl adjacent to an activating group) is 3. The molecule has 0 fully saturated rings. The number of nitrogens with two attached hydrogens (primary N) is 1. The number of nitrogens with one attached hydrogen (secondary N) is 11. The highest BCUT2D eigenvalue weighted by atomic mass is 19.1. The molecule has 0 radical (unpaired) electrons. The number of rotatable bonds is 41. The number of carbonyl (C=O) groups is 14. The number of aromatic amines is 1. The fourth-order valence-corrected chi connectivity index (χ4v) is 12.2. The Morgan fingerprint density at radius 2 is 1.08 bits per heavy atom. The van der Waals surface area contributed by atoms with Gasteiger partial charge in [0.1, 0.15) is 95.5 Å². The molecule has 622 valence electrons. The first-order valence-electron chi connectivity index (χ1n) is 36.9. The van der Waals surface area contributed by atoms with E-state index < -0.39 is 193 Å². The summed E-state index contributed by atoms with van der Waals surface area (Å²) in [6, 6.07) is 8.55. The Labute approximate surface area is 667 Å². The minimum atomic E-state index is -1.75. The highest BCUT2D eigenvalue weighted by Crippen LogP contribution is 2.24. The van der Waals surface area contributed by atoms with Crippen molar-refractivity contribution in [1.29, 1.82) is 0 Å². The number of aromatic hydroxyl groups is 2. The fourth-order valence-electron chi connectivity index (χ4n) is 12.2. The average Bonchev–Trinajstić information content (AvgIpc) is 1.48. The molecule has 0 unspecified atom stereocenters. The summed E-state index contributed by atoms with van der Waals surface area (Å²) in [5, 5.41) is 69.6. The maximum Gasteiger partial charge on any atom is 0.247 e. The number of hydrogen-bond donors (Lipinski definition) is 16. The highest BCUT2D eigenvalue weighted by molar-refractivity contribution is 6.00. The lowest BCUT2D eigenvalue weighted by Crippen LogP contribution is -2.62. The molecule has 116 heavy (non-hydrogen) atoms. The van der Waals surface area contributed by atoms with E-state index >= 15 is 14.4 Å². The quantitative estimate of drug-likeness (QED) is 0.0129. The van der Waals surface area contributed by atoms with Crippen molar-refractivity contribution in [1.82, 2.24) is 77.8 Å². The summed E-state index contributed by atoms with van der Waals surface area (Å²) in [5.74, 6) is -14.0. The van der Waals surface area contributed by atoms with Crippen LogP contribution < -0.4 is 58.9 Å². The lowest BCUT2D eigenvalue weighted by molar-refractivity contribution is -0.147.